The van der Waals surface area contributed by atoms with Crippen molar-refractivity contribution < 1.29 is 27.8 Å². The minimum atomic E-state index is -2.93. The molecular formula is C20H25F2NO4. The lowest BCUT2D eigenvalue weighted by atomic mass is 9.84. The molecular weight excluding hydrogens is 356 g/mol. The van der Waals surface area contributed by atoms with E-state index in [9.17, 15) is 18.4 Å². The largest absolute Gasteiger partial charge is 0.449 e. The van der Waals surface area contributed by atoms with Gasteiger partial charge in [0.1, 0.15) is 5.75 Å². The summed E-state index contributed by atoms with van der Waals surface area (Å²) in [4.78, 5) is 24.5. The molecule has 2 bridgehead atoms. The summed E-state index contributed by atoms with van der Waals surface area (Å²) < 4.78 is 33.7. The Kier molecular flexibility index (Phi) is 5.97. The molecule has 1 amide bonds. The molecule has 5 nitrogen and oxygen atoms in total. The van der Waals surface area contributed by atoms with Crippen molar-refractivity contribution in [2.45, 2.75) is 58.3 Å². The number of benzene rings is 1. The summed E-state index contributed by atoms with van der Waals surface area (Å²) in [6, 6.07) is 5.21. The van der Waals surface area contributed by atoms with Gasteiger partial charge in [-0.25, -0.2) is 4.79 Å². The molecule has 2 fully saturated rings. The van der Waals surface area contributed by atoms with E-state index in [0.29, 0.717) is 11.8 Å². The number of carbonyl (C=O) groups excluding carboxylic acids is 2. The van der Waals surface area contributed by atoms with Crippen molar-refractivity contribution in [3.8, 4) is 5.75 Å². The van der Waals surface area contributed by atoms with E-state index in [1.54, 1.807) is 0 Å². The second-order valence-electron chi connectivity index (χ2n) is 7.59. The molecule has 2 aliphatic rings. The molecule has 0 heterocycles. The predicted molar refractivity (Wildman–Crippen MR) is 94.5 cm³/mol. The quantitative estimate of drug-likeness (QED) is 0.730. The number of hydrogen-bond acceptors (Lipinski definition) is 4. The maximum atomic E-state index is 12.4. The van der Waals surface area contributed by atoms with Crippen LogP contribution in [0.25, 0.3) is 0 Å². The van der Waals surface area contributed by atoms with Crippen molar-refractivity contribution in [2.24, 2.45) is 17.8 Å². The SMILES string of the molecule is C[C@H](OC(=O)c1ccc(OC(F)F)cc1)C(=O)N[C@H](C)[C@H]1C[C@H]2CC[C@H]1C2. The van der Waals surface area contributed by atoms with Gasteiger partial charge in [-0.1, -0.05) is 6.42 Å². The summed E-state index contributed by atoms with van der Waals surface area (Å²) in [5.74, 6) is 0.930. The van der Waals surface area contributed by atoms with Crippen LogP contribution in [0.2, 0.25) is 0 Å². The third kappa shape index (κ3) is 4.76. The van der Waals surface area contributed by atoms with Crippen LogP contribution in [0.15, 0.2) is 24.3 Å². The third-order valence-electron chi connectivity index (χ3n) is 5.77. The summed E-state index contributed by atoms with van der Waals surface area (Å²) in [5, 5.41) is 2.97. The summed E-state index contributed by atoms with van der Waals surface area (Å²) in [5.41, 5.74) is 0.164. The van der Waals surface area contributed by atoms with Crippen molar-refractivity contribution in [3.63, 3.8) is 0 Å². The van der Waals surface area contributed by atoms with E-state index >= 15 is 0 Å². The Morgan fingerprint density at radius 3 is 2.37 bits per heavy atom. The number of hydrogen-bond donors (Lipinski definition) is 1. The number of ether oxygens (including phenoxy) is 2. The molecule has 1 aromatic rings. The molecule has 7 heteroatoms. The van der Waals surface area contributed by atoms with Gasteiger partial charge in [-0.2, -0.15) is 8.78 Å². The van der Waals surface area contributed by atoms with Gasteiger partial charge in [0, 0.05) is 6.04 Å². The van der Waals surface area contributed by atoms with Gasteiger partial charge in [0.05, 0.1) is 5.56 Å². The summed E-state index contributed by atoms with van der Waals surface area (Å²) in [7, 11) is 0. The van der Waals surface area contributed by atoms with Crippen molar-refractivity contribution in [1.82, 2.24) is 5.32 Å². The van der Waals surface area contributed by atoms with Crippen LogP contribution in [0.5, 0.6) is 5.75 Å². The zero-order valence-corrected chi connectivity index (χ0v) is 15.5. The highest BCUT2D eigenvalue weighted by molar-refractivity contribution is 5.92. The Bertz CT molecular complexity index is 679. The average Bonchev–Trinajstić information content (AvgIpc) is 3.25. The molecule has 0 aromatic heterocycles. The van der Waals surface area contributed by atoms with Gasteiger partial charge in [-0.05, 0) is 75.1 Å². The smallest absolute Gasteiger partial charge is 0.387 e. The first kappa shape index (κ1) is 19.6. The lowest BCUT2D eigenvalue weighted by Gasteiger charge is -2.29. The number of nitrogens with one attached hydrogen (secondary N) is 1. The van der Waals surface area contributed by atoms with Crippen LogP contribution in [-0.4, -0.2) is 30.6 Å². The fourth-order valence-corrected chi connectivity index (χ4v) is 4.41. The van der Waals surface area contributed by atoms with E-state index < -0.39 is 18.7 Å². The van der Waals surface area contributed by atoms with Crippen LogP contribution < -0.4 is 10.1 Å². The van der Waals surface area contributed by atoms with E-state index in [4.69, 9.17) is 4.74 Å². The normalized spacial score (nSPS) is 25.9. The number of carbonyl (C=O) groups is 2. The summed E-state index contributed by atoms with van der Waals surface area (Å²) in [6.07, 6.45) is 4.03. The Balaban J connectivity index is 1.49. The van der Waals surface area contributed by atoms with E-state index in [0.717, 1.165) is 12.3 Å². The Morgan fingerprint density at radius 1 is 1.11 bits per heavy atom. The van der Waals surface area contributed by atoms with Crippen LogP contribution in [-0.2, 0) is 9.53 Å². The Labute approximate surface area is 157 Å². The number of rotatable bonds is 7. The number of amides is 1. The molecule has 27 heavy (non-hydrogen) atoms. The average molecular weight is 381 g/mol. The highest BCUT2D eigenvalue weighted by atomic mass is 19.3. The molecule has 0 saturated heterocycles. The fraction of sp³-hybridized carbons (Fsp3) is 0.600. The van der Waals surface area contributed by atoms with Gasteiger partial charge in [-0.3, -0.25) is 4.79 Å². The van der Waals surface area contributed by atoms with Crippen molar-refractivity contribution in [3.05, 3.63) is 29.8 Å². The molecule has 1 aromatic carbocycles. The van der Waals surface area contributed by atoms with Crippen LogP contribution in [0, 0.1) is 17.8 Å². The highest BCUT2D eigenvalue weighted by Gasteiger charge is 2.42. The highest BCUT2D eigenvalue weighted by Crippen LogP contribution is 2.49. The minimum absolute atomic E-state index is 0.0490. The van der Waals surface area contributed by atoms with E-state index in [-0.39, 0.29) is 23.3 Å². The molecule has 0 unspecified atom stereocenters. The number of halogens is 2. The second kappa shape index (κ2) is 8.23. The van der Waals surface area contributed by atoms with Gasteiger partial charge in [0.25, 0.3) is 5.91 Å². The second-order valence-corrected chi connectivity index (χ2v) is 7.59. The van der Waals surface area contributed by atoms with Crippen LogP contribution >= 0.6 is 0 Å². The summed E-state index contributed by atoms with van der Waals surface area (Å²) in [6.45, 7) is 0.609. The third-order valence-corrected chi connectivity index (χ3v) is 5.77. The predicted octanol–water partition coefficient (Wildman–Crippen LogP) is 3.77. The Hall–Kier alpha value is -2.18. The maximum absolute atomic E-state index is 12.4. The molecule has 2 aliphatic carbocycles. The van der Waals surface area contributed by atoms with Crippen LogP contribution in [0.4, 0.5) is 8.78 Å². The topological polar surface area (TPSA) is 64.6 Å². The number of fused-ring (bicyclic) bond motifs is 2. The van der Waals surface area contributed by atoms with Crippen molar-refractivity contribution in [1.29, 1.82) is 0 Å². The first-order valence-corrected chi connectivity index (χ1v) is 9.39. The van der Waals surface area contributed by atoms with Crippen molar-refractivity contribution in [2.75, 3.05) is 0 Å². The van der Waals surface area contributed by atoms with Gasteiger partial charge in [-0.15, -0.1) is 0 Å². The lowest BCUT2D eigenvalue weighted by Crippen LogP contribution is -2.45. The first-order chi connectivity index (χ1) is 12.8. The zero-order chi connectivity index (χ0) is 19.6. The minimum Gasteiger partial charge on any atom is -0.449 e. The van der Waals surface area contributed by atoms with Crippen LogP contribution in [0.1, 0.15) is 49.9 Å². The molecule has 3 rings (SSSR count). The van der Waals surface area contributed by atoms with Crippen LogP contribution in [0.3, 0.4) is 0 Å². The fourth-order valence-electron chi connectivity index (χ4n) is 4.41. The van der Waals surface area contributed by atoms with Gasteiger partial charge < -0.3 is 14.8 Å². The molecule has 148 valence electrons. The standard InChI is InChI=1S/C20H25F2NO4/c1-11(17-10-13-3-4-15(17)9-13)23-18(24)12(2)26-19(25)14-5-7-16(8-6-14)27-20(21)22/h5-8,11-13,15,17,20H,3-4,9-10H2,1-2H3,(H,23,24)/t11-,12+,13+,15+,17-/m1/s1. The number of alkyl halides is 2. The Morgan fingerprint density at radius 2 is 1.81 bits per heavy atom. The molecule has 1 N–H and O–H groups in total. The first-order valence-electron chi connectivity index (χ1n) is 9.39. The van der Waals surface area contributed by atoms with E-state index in [2.05, 4.69) is 10.1 Å². The van der Waals surface area contributed by atoms with E-state index in [1.165, 1.54) is 50.5 Å². The molecule has 0 radical (unpaired) electrons. The molecule has 2 saturated carbocycles. The number of esters is 1. The zero-order valence-electron chi connectivity index (χ0n) is 15.5. The molecule has 5 atom stereocenters. The summed E-state index contributed by atoms with van der Waals surface area (Å²) >= 11 is 0. The molecule has 0 aliphatic heterocycles. The van der Waals surface area contributed by atoms with Gasteiger partial charge >= 0.3 is 12.6 Å². The van der Waals surface area contributed by atoms with Gasteiger partial charge in [0.15, 0.2) is 6.10 Å². The lowest BCUT2D eigenvalue weighted by molar-refractivity contribution is -0.130. The van der Waals surface area contributed by atoms with E-state index in [1.807, 2.05) is 6.92 Å². The monoisotopic (exact) mass is 381 g/mol. The van der Waals surface area contributed by atoms with Crippen molar-refractivity contribution >= 4 is 11.9 Å². The maximum Gasteiger partial charge on any atom is 0.387 e. The van der Waals surface area contributed by atoms with Gasteiger partial charge in [0.2, 0.25) is 0 Å². The molecule has 0 spiro atoms.